The summed E-state index contributed by atoms with van der Waals surface area (Å²) in [5.41, 5.74) is 4.21. The highest BCUT2D eigenvalue weighted by Crippen LogP contribution is 2.40. The minimum Gasteiger partial charge on any atom is -0.493 e. The molecule has 1 unspecified atom stereocenters. The molecule has 1 aliphatic rings. The second-order valence-corrected chi connectivity index (χ2v) is 9.69. The fraction of sp³-hybridized carbons (Fsp3) is 0.375. The van der Waals surface area contributed by atoms with Crippen molar-refractivity contribution in [2.75, 3.05) is 47.6 Å². The molecule has 41 heavy (non-hydrogen) atoms. The molecular formula is C32H38N2O7. The lowest BCUT2D eigenvalue weighted by atomic mass is 9.88. The van der Waals surface area contributed by atoms with Crippen LogP contribution in [-0.4, -0.2) is 64.4 Å². The van der Waals surface area contributed by atoms with Gasteiger partial charge in [0.05, 0.1) is 34.5 Å². The molecule has 3 aromatic rings. The minimum atomic E-state index is -0.439. The van der Waals surface area contributed by atoms with Crippen molar-refractivity contribution in [3.63, 3.8) is 0 Å². The third kappa shape index (κ3) is 7.70. The first kappa shape index (κ1) is 29.7. The summed E-state index contributed by atoms with van der Waals surface area (Å²) < 4.78 is 27.4. The summed E-state index contributed by atoms with van der Waals surface area (Å²) in [5, 5.41) is 3.05. The Morgan fingerprint density at radius 2 is 1.61 bits per heavy atom. The lowest BCUT2D eigenvalue weighted by Gasteiger charge is -2.37. The van der Waals surface area contributed by atoms with Crippen LogP contribution in [0.2, 0.25) is 0 Å². The maximum absolute atomic E-state index is 13.1. The molecular weight excluding hydrogens is 524 g/mol. The molecule has 1 N–H and O–H groups in total. The van der Waals surface area contributed by atoms with E-state index in [1.54, 1.807) is 28.3 Å². The molecule has 9 nitrogen and oxygen atoms in total. The molecule has 4 rings (SSSR count). The van der Waals surface area contributed by atoms with Gasteiger partial charge in [0.2, 0.25) is 5.91 Å². The minimum absolute atomic E-state index is 0.0454. The largest absolute Gasteiger partial charge is 0.493 e. The van der Waals surface area contributed by atoms with E-state index in [9.17, 15) is 9.59 Å². The first-order valence-electron chi connectivity index (χ1n) is 13.7. The predicted molar refractivity (Wildman–Crippen MR) is 155 cm³/mol. The SMILES string of the molecule is CCOC(=O)COc1cc2c(cc1OC)C(Cc1ccc(OC)c(OC)c1)N(CC(=O)NCc1ccccc1)CC2. The topological polar surface area (TPSA) is 95.6 Å². The molecule has 0 aromatic heterocycles. The first-order chi connectivity index (χ1) is 19.9. The van der Waals surface area contributed by atoms with E-state index in [4.69, 9.17) is 23.7 Å². The molecule has 1 amide bonds. The molecule has 218 valence electrons. The summed E-state index contributed by atoms with van der Waals surface area (Å²) in [6.45, 7) is 3.23. The Hall–Kier alpha value is -4.24. The standard InChI is InChI=1S/C32H38N2O7/c1-5-40-32(36)21-41-30-17-24-13-14-34(20-31(35)33-19-22-9-7-6-8-10-22)26(25(24)18-29(30)39-4)15-23-11-12-27(37-2)28(16-23)38-3/h6-12,16-18,26H,5,13-15,19-21H2,1-4H3,(H,33,35). The van der Waals surface area contributed by atoms with Crippen molar-refractivity contribution in [1.82, 2.24) is 10.2 Å². The van der Waals surface area contributed by atoms with Gasteiger partial charge in [-0.05, 0) is 66.3 Å². The van der Waals surface area contributed by atoms with Gasteiger partial charge in [0.1, 0.15) is 0 Å². The van der Waals surface area contributed by atoms with Crippen molar-refractivity contribution in [1.29, 1.82) is 0 Å². The molecule has 3 aromatic carbocycles. The molecule has 1 aliphatic heterocycles. The summed E-state index contributed by atoms with van der Waals surface area (Å²) in [7, 11) is 4.79. The van der Waals surface area contributed by atoms with Gasteiger partial charge in [0.15, 0.2) is 29.6 Å². The number of nitrogens with one attached hydrogen (secondary N) is 1. The van der Waals surface area contributed by atoms with Crippen LogP contribution in [0.15, 0.2) is 60.7 Å². The Balaban J connectivity index is 1.61. The van der Waals surface area contributed by atoms with E-state index in [2.05, 4.69) is 10.2 Å². The van der Waals surface area contributed by atoms with Crippen molar-refractivity contribution in [3.8, 4) is 23.0 Å². The number of benzene rings is 3. The number of carbonyl (C=O) groups excluding carboxylic acids is 2. The molecule has 0 spiro atoms. The normalized spacial score (nSPS) is 14.5. The quantitative estimate of drug-likeness (QED) is 0.311. The molecule has 0 saturated heterocycles. The van der Waals surface area contributed by atoms with Gasteiger partial charge < -0.3 is 29.0 Å². The maximum Gasteiger partial charge on any atom is 0.344 e. The van der Waals surface area contributed by atoms with E-state index < -0.39 is 5.97 Å². The van der Waals surface area contributed by atoms with Gasteiger partial charge in [-0.15, -0.1) is 0 Å². The fourth-order valence-corrected chi connectivity index (χ4v) is 5.07. The third-order valence-electron chi connectivity index (χ3n) is 7.10. The van der Waals surface area contributed by atoms with Gasteiger partial charge in [0, 0.05) is 19.1 Å². The number of esters is 1. The van der Waals surface area contributed by atoms with Gasteiger partial charge >= 0.3 is 5.97 Å². The van der Waals surface area contributed by atoms with E-state index >= 15 is 0 Å². The lowest BCUT2D eigenvalue weighted by molar-refractivity contribution is -0.145. The average molecular weight is 563 g/mol. The average Bonchev–Trinajstić information content (AvgIpc) is 3.00. The van der Waals surface area contributed by atoms with Crippen LogP contribution in [0.3, 0.4) is 0 Å². The highest BCUT2D eigenvalue weighted by Gasteiger charge is 2.31. The fourth-order valence-electron chi connectivity index (χ4n) is 5.07. The Bertz CT molecular complexity index is 1330. The van der Waals surface area contributed by atoms with Crippen molar-refractivity contribution in [2.24, 2.45) is 0 Å². The second kappa shape index (κ2) is 14.4. The number of rotatable bonds is 13. The van der Waals surface area contributed by atoms with Crippen LogP contribution in [0.1, 0.15) is 35.2 Å². The van der Waals surface area contributed by atoms with Crippen LogP contribution in [-0.2, 0) is 33.7 Å². The smallest absolute Gasteiger partial charge is 0.344 e. The molecule has 0 fully saturated rings. The van der Waals surface area contributed by atoms with Crippen molar-refractivity contribution < 1.29 is 33.3 Å². The van der Waals surface area contributed by atoms with Gasteiger partial charge in [-0.2, -0.15) is 0 Å². The molecule has 0 radical (unpaired) electrons. The van der Waals surface area contributed by atoms with E-state index in [0.29, 0.717) is 48.9 Å². The van der Waals surface area contributed by atoms with Crippen LogP contribution in [0, 0.1) is 0 Å². The van der Waals surface area contributed by atoms with E-state index in [-0.39, 0.29) is 31.7 Å². The van der Waals surface area contributed by atoms with Crippen LogP contribution in [0.25, 0.3) is 0 Å². The number of carbonyl (C=O) groups is 2. The number of hydrogen-bond acceptors (Lipinski definition) is 8. The van der Waals surface area contributed by atoms with Crippen molar-refractivity contribution >= 4 is 11.9 Å². The molecule has 0 saturated carbocycles. The molecule has 0 bridgehead atoms. The monoisotopic (exact) mass is 562 g/mol. The number of hydrogen-bond donors (Lipinski definition) is 1. The Labute approximate surface area is 241 Å². The van der Waals surface area contributed by atoms with Crippen molar-refractivity contribution in [2.45, 2.75) is 32.4 Å². The predicted octanol–water partition coefficient (Wildman–Crippen LogP) is 4.11. The Morgan fingerprint density at radius 1 is 0.878 bits per heavy atom. The Kier molecular flexibility index (Phi) is 10.5. The summed E-state index contributed by atoms with van der Waals surface area (Å²) in [5.74, 6) is 1.82. The molecule has 0 aliphatic carbocycles. The van der Waals surface area contributed by atoms with Gasteiger partial charge in [-0.1, -0.05) is 36.4 Å². The van der Waals surface area contributed by atoms with Gasteiger partial charge in [-0.3, -0.25) is 9.69 Å². The summed E-state index contributed by atoms with van der Waals surface area (Å²) in [4.78, 5) is 27.2. The zero-order valence-electron chi connectivity index (χ0n) is 24.1. The van der Waals surface area contributed by atoms with Gasteiger partial charge in [-0.25, -0.2) is 4.79 Å². The number of methoxy groups -OCH3 is 3. The van der Waals surface area contributed by atoms with Crippen LogP contribution in [0.4, 0.5) is 0 Å². The van der Waals surface area contributed by atoms with E-state index in [1.165, 1.54) is 0 Å². The van der Waals surface area contributed by atoms with Crippen LogP contribution >= 0.6 is 0 Å². The maximum atomic E-state index is 13.1. The Morgan fingerprint density at radius 3 is 2.32 bits per heavy atom. The summed E-state index contributed by atoms with van der Waals surface area (Å²) in [6.07, 6.45) is 1.34. The van der Waals surface area contributed by atoms with Crippen LogP contribution in [0.5, 0.6) is 23.0 Å². The number of ether oxygens (including phenoxy) is 5. The first-order valence-corrected chi connectivity index (χ1v) is 13.7. The van der Waals surface area contributed by atoms with E-state index in [1.807, 2.05) is 60.7 Å². The molecule has 1 atom stereocenters. The zero-order valence-corrected chi connectivity index (χ0v) is 24.1. The number of nitrogens with zero attached hydrogens (tertiary/aromatic N) is 1. The van der Waals surface area contributed by atoms with Crippen molar-refractivity contribution in [3.05, 3.63) is 82.9 Å². The zero-order chi connectivity index (χ0) is 29.2. The van der Waals surface area contributed by atoms with Crippen LogP contribution < -0.4 is 24.3 Å². The highest BCUT2D eigenvalue weighted by atomic mass is 16.6. The number of fused-ring (bicyclic) bond motifs is 1. The second-order valence-electron chi connectivity index (χ2n) is 9.69. The summed E-state index contributed by atoms with van der Waals surface area (Å²) >= 11 is 0. The molecule has 1 heterocycles. The number of amides is 1. The highest BCUT2D eigenvalue weighted by molar-refractivity contribution is 5.78. The third-order valence-corrected chi connectivity index (χ3v) is 7.10. The molecule has 9 heteroatoms. The van der Waals surface area contributed by atoms with Gasteiger partial charge in [0.25, 0.3) is 0 Å². The lowest BCUT2D eigenvalue weighted by Crippen LogP contribution is -2.43. The summed E-state index contributed by atoms with van der Waals surface area (Å²) in [6, 6.07) is 19.5. The van der Waals surface area contributed by atoms with E-state index in [0.717, 1.165) is 22.3 Å².